The topological polar surface area (TPSA) is 67.2 Å². The van der Waals surface area contributed by atoms with Gasteiger partial charge in [0.2, 0.25) is 0 Å². The summed E-state index contributed by atoms with van der Waals surface area (Å²) in [5.41, 5.74) is 2.30. The fourth-order valence-electron chi connectivity index (χ4n) is 1.92. The zero-order valence-electron chi connectivity index (χ0n) is 12.1. The van der Waals surface area contributed by atoms with Crippen LogP contribution in [0.5, 0.6) is 0 Å². The quantitative estimate of drug-likeness (QED) is 0.530. The van der Waals surface area contributed by atoms with E-state index in [0.717, 1.165) is 11.1 Å². The van der Waals surface area contributed by atoms with E-state index in [1.54, 1.807) is 24.3 Å². The van der Waals surface area contributed by atoms with Crippen LogP contribution < -0.4 is 10.6 Å². The van der Waals surface area contributed by atoms with Crippen LogP contribution in [0.1, 0.15) is 0 Å². The molecule has 3 aromatic rings. The van der Waals surface area contributed by atoms with E-state index in [4.69, 9.17) is 16.0 Å². The number of urea groups is 1. The van der Waals surface area contributed by atoms with Gasteiger partial charge in [0.05, 0.1) is 0 Å². The zero-order chi connectivity index (χ0) is 16.1. The van der Waals surface area contributed by atoms with E-state index in [9.17, 15) is 4.79 Å². The Kier molecular flexibility index (Phi) is 5.05. The molecular formula is C16H14ClN3O2S. The SMILES string of the molecule is O=C(NCCSc1nc2ccccc2o1)Nc1ccc(Cl)cc1. The number of carbonyl (C=O) groups is 1. The molecular weight excluding hydrogens is 334 g/mol. The molecule has 3 rings (SSSR count). The van der Waals surface area contributed by atoms with Gasteiger partial charge in [0, 0.05) is 23.0 Å². The second-order valence-corrected chi connectivity index (χ2v) is 6.17. The number of amides is 2. The maximum absolute atomic E-state index is 11.7. The molecule has 0 unspecified atom stereocenters. The highest BCUT2D eigenvalue weighted by atomic mass is 35.5. The van der Waals surface area contributed by atoms with Gasteiger partial charge in [-0.2, -0.15) is 0 Å². The van der Waals surface area contributed by atoms with E-state index in [0.29, 0.717) is 28.2 Å². The van der Waals surface area contributed by atoms with Crippen LogP contribution in [-0.2, 0) is 0 Å². The molecule has 0 spiro atoms. The first-order chi connectivity index (χ1) is 11.2. The lowest BCUT2D eigenvalue weighted by Crippen LogP contribution is -2.30. The zero-order valence-corrected chi connectivity index (χ0v) is 13.7. The minimum atomic E-state index is -0.259. The molecule has 2 N–H and O–H groups in total. The third-order valence-electron chi connectivity index (χ3n) is 2.99. The predicted molar refractivity (Wildman–Crippen MR) is 93.2 cm³/mol. The van der Waals surface area contributed by atoms with E-state index in [2.05, 4.69) is 15.6 Å². The predicted octanol–water partition coefficient (Wildman–Crippen LogP) is 4.40. The third kappa shape index (κ3) is 4.40. The summed E-state index contributed by atoms with van der Waals surface area (Å²) < 4.78 is 5.59. The van der Waals surface area contributed by atoms with Crippen molar-refractivity contribution in [3.8, 4) is 0 Å². The van der Waals surface area contributed by atoms with Crippen LogP contribution in [0.3, 0.4) is 0 Å². The Bertz CT molecular complexity index is 771. The van der Waals surface area contributed by atoms with Crippen molar-refractivity contribution in [1.82, 2.24) is 10.3 Å². The summed E-state index contributed by atoms with van der Waals surface area (Å²) >= 11 is 7.25. The highest BCUT2D eigenvalue weighted by molar-refractivity contribution is 7.99. The second-order valence-electron chi connectivity index (χ2n) is 4.68. The average Bonchev–Trinajstić information content (AvgIpc) is 2.96. The molecule has 1 aromatic heterocycles. The molecule has 5 nitrogen and oxygen atoms in total. The molecule has 0 aliphatic rings. The summed E-state index contributed by atoms with van der Waals surface area (Å²) in [6.45, 7) is 0.503. The molecule has 0 saturated heterocycles. The molecule has 23 heavy (non-hydrogen) atoms. The number of thioether (sulfide) groups is 1. The van der Waals surface area contributed by atoms with Gasteiger partial charge in [-0.25, -0.2) is 9.78 Å². The number of halogens is 1. The Labute approximate surface area is 142 Å². The minimum Gasteiger partial charge on any atom is -0.431 e. The van der Waals surface area contributed by atoms with Gasteiger partial charge < -0.3 is 15.1 Å². The van der Waals surface area contributed by atoms with Crippen LogP contribution in [0.4, 0.5) is 10.5 Å². The normalized spacial score (nSPS) is 10.7. The number of para-hydroxylation sites is 2. The summed E-state index contributed by atoms with van der Waals surface area (Å²) in [7, 11) is 0. The number of aromatic nitrogens is 1. The molecule has 118 valence electrons. The van der Waals surface area contributed by atoms with Crippen LogP contribution in [0.2, 0.25) is 5.02 Å². The van der Waals surface area contributed by atoms with Gasteiger partial charge in [-0.3, -0.25) is 0 Å². The lowest BCUT2D eigenvalue weighted by atomic mass is 10.3. The van der Waals surface area contributed by atoms with E-state index < -0.39 is 0 Å². The first-order valence-electron chi connectivity index (χ1n) is 6.99. The fourth-order valence-corrected chi connectivity index (χ4v) is 2.74. The third-order valence-corrected chi connectivity index (χ3v) is 4.07. The van der Waals surface area contributed by atoms with Crippen molar-refractivity contribution in [2.24, 2.45) is 0 Å². The number of fused-ring (bicyclic) bond motifs is 1. The smallest absolute Gasteiger partial charge is 0.319 e. The summed E-state index contributed by atoms with van der Waals surface area (Å²) in [4.78, 5) is 16.1. The summed E-state index contributed by atoms with van der Waals surface area (Å²) in [5.74, 6) is 0.668. The Balaban J connectivity index is 1.42. The molecule has 0 saturated carbocycles. The monoisotopic (exact) mass is 347 g/mol. The van der Waals surface area contributed by atoms with Crippen LogP contribution in [0, 0.1) is 0 Å². The number of nitrogens with zero attached hydrogens (tertiary/aromatic N) is 1. The summed E-state index contributed by atoms with van der Waals surface area (Å²) in [5, 5.41) is 6.74. The molecule has 1 heterocycles. The molecule has 0 fully saturated rings. The first kappa shape index (κ1) is 15.7. The molecule has 7 heteroatoms. The van der Waals surface area contributed by atoms with Crippen molar-refractivity contribution in [3.63, 3.8) is 0 Å². The standard InChI is InChI=1S/C16H14ClN3O2S/c17-11-5-7-12(8-6-11)19-15(21)18-9-10-23-16-20-13-3-1-2-4-14(13)22-16/h1-8H,9-10H2,(H2,18,19,21). The number of oxazole rings is 1. The van der Waals surface area contributed by atoms with Gasteiger partial charge in [0.25, 0.3) is 5.22 Å². The largest absolute Gasteiger partial charge is 0.431 e. The molecule has 0 aliphatic heterocycles. The summed E-state index contributed by atoms with van der Waals surface area (Å²) in [6.07, 6.45) is 0. The van der Waals surface area contributed by atoms with Crippen LogP contribution >= 0.6 is 23.4 Å². The maximum Gasteiger partial charge on any atom is 0.319 e. The van der Waals surface area contributed by atoms with Gasteiger partial charge >= 0.3 is 6.03 Å². The van der Waals surface area contributed by atoms with E-state index in [-0.39, 0.29) is 6.03 Å². The number of rotatable bonds is 5. The molecule has 0 aliphatic carbocycles. The Morgan fingerprint density at radius 1 is 1.17 bits per heavy atom. The van der Waals surface area contributed by atoms with Crippen molar-refractivity contribution >= 4 is 46.2 Å². The lowest BCUT2D eigenvalue weighted by Gasteiger charge is -2.06. The molecule has 2 aromatic carbocycles. The second kappa shape index (κ2) is 7.39. The molecule has 0 radical (unpaired) electrons. The van der Waals surface area contributed by atoms with Crippen molar-refractivity contribution in [2.45, 2.75) is 5.22 Å². The molecule has 2 amide bonds. The number of anilines is 1. The lowest BCUT2D eigenvalue weighted by molar-refractivity contribution is 0.252. The highest BCUT2D eigenvalue weighted by Gasteiger charge is 2.06. The number of hydrogen-bond acceptors (Lipinski definition) is 4. The molecule has 0 atom stereocenters. The van der Waals surface area contributed by atoms with Gasteiger partial charge in [0.15, 0.2) is 5.58 Å². The number of benzene rings is 2. The minimum absolute atomic E-state index is 0.259. The molecule has 0 bridgehead atoms. The maximum atomic E-state index is 11.7. The Morgan fingerprint density at radius 3 is 2.74 bits per heavy atom. The fraction of sp³-hybridized carbons (Fsp3) is 0.125. The first-order valence-corrected chi connectivity index (χ1v) is 8.36. The Morgan fingerprint density at radius 2 is 1.96 bits per heavy atom. The highest BCUT2D eigenvalue weighted by Crippen LogP contribution is 2.22. The van der Waals surface area contributed by atoms with Crippen molar-refractivity contribution in [1.29, 1.82) is 0 Å². The average molecular weight is 348 g/mol. The van der Waals surface area contributed by atoms with Crippen molar-refractivity contribution in [2.75, 3.05) is 17.6 Å². The van der Waals surface area contributed by atoms with Gasteiger partial charge in [-0.15, -0.1) is 0 Å². The van der Waals surface area contributed by atoms with Gasteiger partial charge in [-0.1, -0.05) is 35.5 Å². The summed E-state index contributed by atoms with van der Waals surface area (Å²) in [6, 6.07) is 14.3. The van der Waals surface area contributed by atoms with Crippen LogP contribution in [0.15, 0.2) is 58.2 Å². The van der Waals surface area contributed by atoms with E-state index >= 15 is 0 Å². The van der Waals surface area contributed by atoms with Crippen molar-refractivity contribution < 1.29 is 9.21 Å². The van der Waals surface area contributed by atoms with Crippen molar-refractivity contribution in [3.05, 3.63) is 53.6 Å². The van der Waals surface area contributed by atoms with E-state index in [1.165, 1.54) is 11.8 Å². The van der Waals surface area contributed by atoms with Gasteiger partial charge in [-0.05, 0) is 36.4 Å². The Hall–Kier alpha value is -2.18. The number of carbonyl (C=O) groups excluding carboxylic acids is 1. The van der Waals surface area contributed by atoms with Gasteiger partial charge in [0.1, 0.15) is 5.52 Å². The van der Waals surface area contributed by atoms with Crippen LogP contribution in [-0.4, -0.2) is 23.3 Å². The van der Waals surface area contributed by atoms with E-state index in [1.807, 2.05) is 24.3 Å². The number of nitrogens with one attached hydrogen (secondary N) is 2. The number of hydrogen-bond donors (Lipinski definition) is 2. The van der Waals surface area contributed by atoms with Crippen LogP contribution in [0.25, 0.3) is 11.1 Å².